The lowest BCUT2D eigenvalue weighted by Gasteiger charge is -2.28. The normalized spacial score (nSPS) is 22.4. The number of nitrogen functional groups attached to an aromatic ring is 1. The molecular weight excluding hydrogens is 250 g/mol. The molecule has 0 amide bonds. The van der Waals surface area contributed by atoms with Crippen LogP contribution >= 0.6 is 0 Å². The molecule has 3 heteroatoms. The first kappa shape index (κ1) is 14.9. The lowest BCUT2D eigenvalue weighted by Crippen LogP contribution is -2.25. The van der Waals surface area contributed by atoms with E-state index < -0.39 is 0 Å². The van der Waals surface area contributed by atoms with E-state index in [-0.39, 0.29) is 12.1 Å². The topological polar surface area (TPSA) is 52.3 Å². The summed E-state index contributed by atoms with van der Waals surface area (Å²) in [5.74, 6) is 0.657. The maximum absolute atomic E-state index is 11.9. The van der Waals surface area contributed by atoms with E-state index in [1.54, 1.807) is 0 Å². The summed E-state index contributed by atoms with van der Waals surface area (Å²) in [6, 6.07) is 7.69. The van der Waals surface area contributed by atoms with Gasteiger partial charge in [-0.05, 0) is 49.3 Å². The maximum Gasteiger partial charge on any atom is 0.306 e. The van der Waals surface area contributed by atoms with Gasteiger partial charge in [0.15, 0.2) is 0 Å². The molecule has 110 valence electrons. The number of hydrogen-bond donors (Lipinski definition) is 1. The molecule has 20 heavy (non-hydrogen) atoms. The van der Waals surface area contributed by atoms with Crippen molar-refractivity contribution in [1.29, 1.82) is 0 Å². The van der Waals surface area contributed by atoms with Gasteiger partial charge in [-0.1, -0.05) is 31.9 Å². The highest BCUT2D eigenvalue weighted by Crippen LogP contribution is 2.28. The molecule has 0 spiro atoms. The SMILES string of the molecule is CCC1CCCC(OC(=O)CCc2cccc(N)c2)C1. The standard InChI is InChI=1S/C17H25NO2/c1-2-13-5-4-8-16(12-13)20-17(19)10-9-14-6-3-7-15(18)11-14/h3,6-7,11,13,16H,2,4-5,8-10,12,18H2,1H3. The minimum absolute atomic E-state index is 0.0748. The first-order valence-electron chi connectivity index (χ1n) is 7.71. The number of benzene rings is 1. The zero-order valence-electron chi connectivity index (χ0n) is 12.3. The first-order chi connectivity index (χ1) is 9.67. The second-order valence-electron chi connectivity index (χ2n) is 5.80. The zero-order valence-corrected chi connectivity index (χ0v) is 12.3. The molecule has 2 atom stereocenters. The smallest absolute Gasteiger partial charge is 0.306 e. The summed E-state index contributed by atoms with van der Waals surface area (Å²) < 4.78 is 5.61. The molecule has 1 aliphatic carbocycles. The number of nitrogens with two attached hydrogens (primary N) is 1. The van der Waals surface area contributed by atoms with Crippen LogP contribution in [0.3, 0.4) is 0 Å². The van der Waals surface area contributed by atoms with E-state index in [1.165, 1.54) is 19.3 Å². The number of carbonyl (C=O) groups is 1. The van der Waals surface area contributed by atoms with E-state index in [9.17, 15) is 4.79 Å². The van der Waals surface area contributed by atoms with Gasteiger partial charge in [-0.15, -0.1) is 0 Å². The van der Waals surface area contributed by atoms with E-state index >= 15 is 0 Å². The van der Waals surface area contributed by atoms with Crippen molar-refractivity contribution in [3.05, 3.63) is 29.8 Å². The molecule has 0 aromatic heterocycles. The lowest BCUT2D eigenvalue weighted by atomic mass is 9.85. The van der Waals surface area contributed by atoms with Crippen LogP contribution in [0, 0.1) is 5.92 Å². The highest BCUT2D eigenvalue weighted by atomic mass is 16.5. The van der Waals surface area contributed by atoms with Gasteiger partial charge in [0.1, 0.15) is 6.10 Å². The second kappa shape index (κ2) is 7.32. The van der Waals surface area contributed by atoms with Gasteiger partial charge in [-0.3, -0.25) is 4.79 Å². The number of aryl methyl sites for hydroxylation is 1. The Balaban J connectivity index is 1.75. The van der Waals surface area contributed by atoms with Crippen LogP contribution < -0.4 is 5.73 Å². The number of hydrogen-bond acceptors (Lipinski definition) is 3. The number of carbonyl (C=O) groups excluding carboxylic acids is 1. The van der Waals surface area contributed by atoms with Crippen molar-refractivity contribution in [1.82, 2.24) is 0 Å². The van der Waals surface area contributed by atoms with Crippen molar-refractivity contribution >= 4 is 11.7 Å². The average Bonchev–Trinajstić information content (AvgIpc) is 2.45. The number of rotatable bonds is 5. The zero-order chi connectivity index (χ0) is 14.4. The molecule has 2 rings (SSSR count). The summed E-state index contributed by atoms with van der Waals surface area (Å²) in [6.07, 6.45) is 7.02. The predicted molar refractivity (Wildman–Crippen MR) is 81.3 cm³/mol. The third-order valence-corrected chi connectivity index (χ3v) is 4.18. The van der Waals surface area contributed by atoms with Crippen molar-refractivity contribution in [3.63, 3.8) is 0 Å². The Bertz CT molecular complexity index is 444. The Kier molecular flexibility index (Phi) is 5.45. The molecule has 3 nitrogen and oxygen atoms in total. The highest BCUT2D eigenvalue weighted by molar-refractivity contribution is 5.70. The summed E-state index contributed by atoms with van der Waals surface area (Å²) in [6.45, 7) is 2.22. The summed E-state index contributed by atoms with van der Waals surface area (Å²) in [5, 5.41) is 0. The molecule has 1 fully saturated rings. The Morgan fingerprint density at radius 2 is 2.25 bits per heavy atom. The van der Waals surface area contributed by atoms with Crippen LogP contribution in [0.1, 0.15) is 51.0 Å². The van der Waals surface area contributed by atoms with E-state index in [0.717, 1.165) is 30.0 Å². The van der Waals surface area contributed by atoms with Crippen LogP contribution in [0.15, 0.2) is 24.3 Å². The van der Waals surface area contributed by atoms with E-state index in [0.29, 0.717) is 12.8 Å². The van der Waals surface area contributed by atoms with Crippen molar-refractivity contribution < 1.29 is 9.53 Å². The number of esters is 1. The number of ether oxygens (including phenoxy) is 1. The molecular formula is C17H25NO2. The molecule has 0 aliphatic heterocycles. The van der Waals surface area contributed by atoms with Gasteiger partial charge in [0.25, 0.3) is 0 Å². The summed E-state index contributed by atoms with van der Waals surface area (Å²) >= 11 is 0. The summed E-state index contributed by atoms with van der Waals surface area (Å²) in [5.41, 5.74) is 7.57. The van der Waals surface area contributed by atoms with Gasteiger partial charge in [0.2, 0.25) is 0 Å². The molecule has 2 N–H and O–H groups in total. The molecule has 0 bridgehead atoms. The highest BCUT2D eigenvalue weighted by Gasteiger charge is 2.23. The quantitative estimate of drug-likeness (QED) is 0.658. The van der Waals surface area contributed by atoms with Crippen LogP contribution in [0.25, 0.3) is 0 Å². The molecule has 2 unspecified atom stereocenters. The van der Waals surface area contributed by atoms with Gasteiger partial charge in [0.05, 0.1) is 0 Å². The second-order valence-corrected chi connectivity index (χ2v) is 5.80. The fraction of sp³-hybridized carbons (Fsp3) is 0.588. The Morgan fingerprint density at radius 3 is 3.00 bits per heavy atom. The molecule has 0 radical (unpaired) electrons. The monoisotopic (exact) mass is 275 g/mol. The van der Waals surface area contributed by atoms with Gasteiger partial charge >= 0.3 is 5.97 Å². The summed E-state index contributed by atoms with van der Waals surface area (Å²) in [7, 11) is 0. The maximum atomic E-state index is 11.9. The Labute approximate surface area is 121 Å². The van der Waals surface area contributed by atoms with Crippen molar-refractivity contribution in [2.45, 2.75) is 58.0 Å². The van der Waals surface area contributed by atoms with Gasteiger partial charge in [-0.2, -0.15) is 0 Å². The summed E-state index contributed by atoms with van der Waals surface area (Å²) in [4.78, 5) is 11.9. The Hall–Kier alpha value is -1.51. The largest absolute Gasteiger partial charge is 0.462 e. The predicted octanol–water partition coefficient (Wildman–Crippen LogP) is 3.71. The van der Waals surface area contributed by atoms with Crippen molar-refractivity contribution in [2.75, 3.05) is 5.73 Å². The first-order valence-corrected chi connectivity index (χ1v) is 7.71. The minimum Gasteiger partial charge on any atom is -0.462 e. The third-order valence-electron chi connectivity index (χ3n) is 4.18. The van der Waals surface area contributed by atoms with E-state index in [1.807, 2.05) is 24.3 Å². The molecule has 1 saturated carbocycles. The molecule has 1 aliphatic rings. The lowest BCUT2D eigenvalue weighted by molar-refractivity contribution is -0.151. The fourth-order valence-electron chi connectivity index (χ4n) is 2.96. The minimum atomic E-state index is -0.0748. The van der Waals surface area contributed by atoms with Crippen LogP contribution in [0.5, 0.6) is 0 Å². The molecule has 1 aromatic carbocycles. The number of anilines is 1. The third kappa shape index (κ3) is 4.55. The van der Waals surface area contributed by atoms with Crippen LogP contribution in [0.2, 0.25) is 0 Å². The van der Waals surface area contributed by atoms with Crippen LogP contribution in [-0.2, 0) is 16.0 Å². The van der Waals surface area contributed by atoms with Crippen LogP contribution in [-0.4, -0.2) is 12.1 Å². The Morgan fingerprint density at radius 1 is 1.40 bits per heavy atom. The van der Waals surface area contributed by atoms with Crippen molar-refractivity contribution in [2.24, 2.45) is 5.92 Å². The van der Waals surface area contributed by atoms with Gasteiger partial charge < -0.3 is 10.5 Å². The van der Waals surface area contributed by atoms with Crippen LogP contribution in [0.4, 0.5) is 5.69 Å². The average molecular weight is 275 g/mol. The van der Waals surface area contributed by atoms with E-state index in [2.05, 4.69) is 6.92 Å². The molecule has 0 heterocycles. The van der Waals surface area contributed by atoms with Crippen molar-refractivity contribution in [3.8, 4) is 0 Å². The molecule has 0 saturated heterocycles. The molecule has 1 aromatic rings. The van der Waals surface area contributed by atoms with E-state index in [4.69, 9.17) is 10.5 Å². The van der Waals surface area contributed by atoms with Gasteiger partial charge in [0, 0.05) is 12.1 Å². The fourth-order valence-corrected chi connectivity index (χ4v) is 2.96. The van der Waals surface area contributed by atoms with Gasteiger partial charge in [-0.25, -0.2) is 0 Å².